The highest BCUT2D eigenvalue weighted by Gasteiger charge is 2.11. The first-order valence-electron chi connectivity index (χ1n) is 9.28. The van der Waals surface area contributed by atoms with Gasteiger partial charge >= 0.3 is 0 Å². The molecule has 0 saturated carbocycles. The number of hydrogen-bond acceptors (Lipinski definition) is 5. The molecule has 28 heavy (non-hydrogen) atoms. The van der Waals surface area contributed by atoms with E-state index in [4.69, 9.17) is 9.84 Å². The standard InChI is InChI=1S/C22H22N4OS/c1-4-27-19-9-7-17(8-10-19)22-24-23-20-11-12-21(25-26(20)22)28-14-18-13-15(2)5-6-16(18)3/h5-13H,4,14H2,1-3H3. The molecule has 4 rings (SSSR count). The second-order valence-electron chi connectivity index (χ2n) is 6.64. The minimum absolute atomic E-state index is 0.649. The molecule has 4 aromatic rings. The Labute approximate surface area is 168 Å². The molecular formula is C22H22N4OS. The summed E-state index contributed by atoms with van der Waals surface area (Å²) in [6.07, 6.45) is 0. The predicted molar refractivity (Wildman–Crippen MR) is 113 cm³/mol. The van der Waals surface area contributed by atoms with Gasteiger partial charge in [0.25, 0.3) is 0 Å². The van der Waals surface area contributed by atoms with E-state index in [0.29, 0.717) is 6.61 Å². The van der Waals surface area contributed by atoms with Crippen molar-refractivity contribution < 1.29 is 4.74 Å². The molecule has 0 aliphatic carbocycles. The Kier molecular flexibility index (Phi) is 5.30. The molecule has 2 aromatic heterocycles. The van der Waals surface area contributed by atoms with Crippen LogP contribution in [0.25, 0.3) is 17.0 Å². The minimum Gasteiger partial charge on any atom is -0.494 e. The van der Waals surface area contributed by atoms with E-state index >= 15 is 0 Å². The van der Waals surface area contributed by atoms with Crippen LogP contribution in [0.3, 0.4) is 0 Å². The summed E-state index contributed by atoms with van der Waals surface area (Å²) in [4.78, 5) is 0. The summed E-state index contributed by atoms with van der Waals surface area (Å²) < 4.78 is 7.32. The maximum absolute atomic E-state index is 5.51. The number of thioether (sulfide) groups is 1. The van der Waals surface area contributed by atoms with Crippen LogP contribution in [0.4, 0.5) is 0 Å². The molecule has 0 aliphatic rings. The monoisotopic (exact) mass is 390 g/mol. The van der Waals surface area contributed by atoms with Crippen LogP contribution in [0.1, 0.15) is 23.6 Å². The first-order chi connectivity index (χ1) is 13.6. The number of aromatic nitrogens is 4. The maximum atomic E-state index is 5.51. The van der Waals surface area contributed by atoms with Crippen molar-refractivity contribution in [3.63, 3.8) is 0 Å². The minimum atomic E-state index is 0.649. The second kappa shape index (κ2) is 8.02. The third-order valence-corrected chi connectivity index (χ3v) is 5.51. The van der Waals surface area contributed by atoms with Crippen molar-refractivity contribution >= 4 is 17.4 Å². The molecule has 0 unspecified atom stereocenters. The Morgan fingerprint density at radius 1 is 0.964 bits per heavy atom. The van der Waals surface area contributed by atoms with Gasteiger partial charge in [-0.15, -0.1) is 10.2 Å². The fraction of sp³-hybridized carbons (Fsp3) is 0.227. The smallest absolute Gasteiger partial charge is 0.185 e. The molecule has 0 spiro atoms. The summed E-state index contributed by atoms with van der Waals surface area (Å²) in [5.41, 5.74) is 5.61. The van der Waals surface area contributed by atoms with Gasteiger partial charge in [0.2, 0.25) is 0 Å². The highest BCUT2D eigenvalue weighted by Crippen LogP contribution is 2.26. The third-order valence-electron chi connectivity index (χ3n) is 4.54. The zero-order chi connectivity index (χ0) is 19.5. The van der Waals surface area contributed by atoms with Crippen LogP contribution in [0.2, 0.25) is 0 Å². The van der Waals surface area contributed by atoms with E-state index in [9.17, 15) is 0 Å². The predicted octanol–water partition coefficient (Wildman–Crippen LogP) is 5.10. The Morgan fingerprint density at radius 3 is 2.57 bits per heavy atom. The molecule has 2 aromatic carbocycles. The van der Waals surface area contributed by atoms with Gasteiger partial charge in [0, 0.05) is 11.3 Å². The molecule has 0 N–H and O–H groups in total. The van der Waals surface area contributed by atoms with Gasteiger partial charge in [-0.25, -0.2) is 0 Å². The van der Waals surface area contributed by atoms with E-state index in [1.807, 2.05) is 43.3 Å². The SMILES string of the molecule is CCOc1ccc(-c2nnc3ccc(SCc4cc(C)ccc4C)nn23)cc1. The van der Waals surface area contributed by atoms with E-state index in [1.54, 1.807) is 16.3 Å². The van der Waals surface area contributed by atoms with E-state index in [-0.39, 0.29) is 0 Å². The first-order valence-corrected chi connectivity index (χ1v) is 10.3. The number of benzene rings is 2. The van der Waals surface area contributed by atoms with Crippen molar-refractivity contribution in [3.05, 3.63) is 71.3 Å². The highest BCUT2D eigenvalue weighted by molar-refractivity contribution is 7.98. The average molecular weight is 391 g/mol. The molecule has 0 radical (unpaired) electrons. The topological polar surface area (TPSA) is 52.3 Å². The zero-order valence-corrected chi connectivity index (χ0v) is 17.0. The summed E-state index contributed by atoms with van der Waals surface area (Å²) >= 11 is 1.72. The number of hydrogen-bond donors (Lipinski definition) is 0. The van der Waals surface area contributed by atoms with Gasteiger partial charge in [-0.05, 0) is 68.3 Å². The summed E-state index contributed by atoms with van der Waals surface area (Å²) in [6, 6.07) is 18.4. The fourth-order valence-corrected chi connectivity index (χ4v) is 3.92. The Bertz CT molecular complexity index is 1110. The summed E-state index contributed by atoms with van der Waals surface area (Å²) in [5, 5.41) is 14.3. The number of nitrogens with zero attached hydrogens (tertiary/aromatic N) is 4. The van der Waals surface area contributed by atoms with E-state index in [2.05, 4.69) is 42.2 Å². The lowest BCUT2D eigenvalue weighted by molar-refractivity contribution is 0.340. The van der Waals surface area contributed by atoms with Crippen molar-refractivity contribution in [2.24, 2.45) is 0 Å². The molecular weight excluding hydrogens is 368 g/mol. The molecule has 0 aliphatic heterocycles. The highest BCUT2D eigenvalue weighted by atomic mass is 32.2. The third kappa shape index (κ3) is 3.87. The average Bonchev–Trinajstić information content (AvgIpc) is 3.13. The molecule has 0 atom stereocenters. The van der Waals surface area contributed by atoms with Crippen molar-refractivity contribution in [1.82, 2.24) is 19.8 Å². The van der Waals surface area contributed by atoms with Crippen molar-refractivity contribution in [1.29, 1.82) is 0 Å². The maximum Gasteiger partial charge on any atom is 0.185 e. The fourth-order valence-electron chi connectivity index (χ4n) is 3.00. The van der Waals surface area contributed by atoms with Crippen LogP contribution < -0.4 is 4.74 Å². The summed E-state index contributed by atoms with van der Waals surface area (Å²) in [5.74, 6) is 2.46. The number of fused-ring (bicyclic) bond motifs is 1. The van der Waals surface area contributed by atoms with Crippen LogP contribution in [-0.4, -0.2) is 26.4 Å². The van der Waals surface area contributed by atoms with Gasteiger partial charge in [0.15, 0.2) is 11.5 Å². The molecule has 0 bridgehead atoms. The zero-order valence-electron chi connectivity index (χ0n) is 16.2. The second-order valence-corrected chi connectivity index (χ2v) is 7.64. The van der Waals surface area contributed by atoms with Crippen LogP contribution in [0.5, 0.6) is 5.75 Å². The van der Waals surface area contributed by atoms with Crippen molar-refractivity contribution in [2.75, 3.05) is 6.61 Å². The summed E-state index contributed by atoms with van der Waals surface area (Å²) in [7, 11) is 0. The van der Waals surface area contributed by atoms with Crippen LogP contribution in [0.15, 0.2) is 59.6 Å². The number of ether oxygens (including phenoxy) is 1. The Morgan fingerprint density at radius 2 is 1.79 bits per heavy atom. The Hall–Kier alpha value is -2.86. The molecule has 6 heteroatoms. The number of rotatable bonds is 6. The largest absolute Gasteiger partial charge is 0.494 e. The van der Waals surface area contributed by atoms with Crippen LogP contribution in [0, 0.1) is 13.8 Å². The molecule has 142 valence electrons. The van der Waals surface area contributed by atoms with Gasteiger partial charge in [0.05, 0.1) is 6.61 Å². The summed E-state index contributed by atoms with van der Waals surface area (Å²) in [6.45, 7) is 6.89. The van der Waals surface area contributed by atoms with Gasteiger partial charge < -0.3 is 4.74 Å². The Balaban J connectivity index is 1.60. The molecule has 0 saturated heterocycles. The van der Waals surface area contributed by atoms with Gasteiger partial charge in [0.1, 0.15) is 10.8 Å². The molecule has 0 fully saturated rings. The van der Waals surface area contributed by atoms with Gasteiger partial charge in [-0.1, -0.05) is 35.5 Å². The lowest BCUT2D eigenvalue weighted by Crippen LogP contribution is -1.97. The van der Waals surface area contributed by atoms with Gasteiger partial charge in [-0.2, -0.15) is 9.61 Å². The molecule has 5 nitrogen and oxygen atoms in total. The lowest BCUT2D eigenvalue weighted by Gasteiger charge is -2.07. The normalized spacial score (nSPS) is 11.1. The molecule has 2 heterocycles. The van der Waals surface area contributed by atoms with Crippen molar-refractivity contribution in [2.45, 2.75) is 31.6 Å². The van der Waals surface area contributed by atoms with Crippen molar-refractivity contribution in [3.8, 4) is 17.1 Å². The van der Waals surface area contributed by atoms with Gasteiger partial charge in [-0.3, -0.25) is 0 Å². The first kappa shape index (κ1) is 18.5. The van der Waals surface area contributed by atoms with E-state index in [1.165, 1.54) is 16.7 Å². The lowest BCUT2D eigenvalue weighted by atomic mass is 10.1. The van der Waals surface area contributed by atoms with E-state index in [0.717, 1.165) is 33.6 Å². The molecule has 0 amide bonds. The quantitative estimate of drug-likeness (QED) is 0.429. The van der Waals surface area contributed by atoms with Crippen LogP contribution >= 0.6 is 11.8 Å². The van der Waals surface area contributed by atoms with Crippen LogP contribution in [-0.2, 0) is 5.75 Å². The van der Waals surface area contributed by atoms with E-state index < -0.39 is 0 Å². The number of aryl methyl sites for hydroxylation is 2.